The third-order valence-electron chi connectivity index (χ3n) is 3.10. The molecule has 3 aromatic rings. The molecule has 3 heteroatoms. The first-order valence-electron chi connectivity index (χ1n) is 4.88. The average molecular weight is 183 g/mol. The molecule has 0 bridgehead atoms. The third-order valence-corrected chi connectivity index (χ3v) is 3.10. The van der Waals surface area contributed by atoms with Gasteiger partial charge in [0.2, 0.25) is 5.78 Å². The summed E-state index contributed by atoms with van der Waals surface area (Å²) >= 11 is 0. The second kappa shape index (κ2) is 2.00. The molecule has 4 rings (SSSR count). The predicted octanol–water partition coefficient (Wildman–Crippen LogP) is 1.85. The van der Waals surface area contributed by atoms with Crippen molar-refractivity contribution in [3.63, 3.8) is 0 Å². The molecule has 14 heavy (non-hydrogen) atoms. The molecule has 3 heterocycles. The number of aryl methyl sites for hydroxylation is 2. The van der Waals surface area contributed by atoms with Gasteiger partial charge in [-0.1, -0.05) is 12.1 Å². The molecular formula is C11H9N3. The highest BCUT2D eigenvalue weighted by Crippen LogP contribution is 2.28. The Kier molecular flexibility index (Phi) is 0.951. The first kappa shape index (κ1) is 6.65. The minimum absolute atomic E-state index is 1.07. The first-order valence-corrected chi connectivity index (χ1v) is 4.88. The summed E-state index contributed by atoms with van der Waals surface area (Å²) in [5.74, 6) is 1.07. The van der Waals surface area contributed by atoms with E-state index in [1.807, 2.05) is 12.4 Å². The number of benzene rings is 1. The Morgan fingerprint density at radius 1 is 1.29 bits per heavy atom. The van der Waals surface area contributed by atoms with E-state index in [9.17, 15) is 0 Å². The molecule has 0 fully saturated rings. The number of aromatic nitrogens is 3. The van der Waals surface area contributed by atoms with Crippen LogP contribution in [0.15, 0.2) is 30.6 Å². The van der Waals surface area contributed by atoms with Crippen LogP contribution in [0, 0.1) is 0 Å². The smallest absolute Gasteiger partial charge is 0.214 e. The van der Waals surface area contributed by atoms with E-state index in [1.165, 1.54) is 16.6 Å². The SMILES string of the molecule is c1cc2c3c(c1)n1ccnc1n3CC2. The van der Waals surface area contributed by atoms with Crippen LogP contribution in [0.25, 0.3) is 16.8 Å². The molecule has 0 radical (unpaired) electrons. The zero-order valence-electron chi connectivity index (χ0n) is 7.64. The van der Waals surface area contributed by atoms with Gasteiger partial charge in [-0.3, -0.25) is 4.40 Å². The van der Waals surface area contributed by atoms with Crippen LogP contribution in [0.1, 0.15) is 5.56 Å². The van der Waals surface area contributed by atoms with Crippen LogP contribution in [-0.2, 0) is 13.0 Å². The molecule has 68 valence electrons. The lowest BCUT2D eigenvalue weighted by molar-refractivity contribution is 0.778. The van der Waals surface area contributed by atoms with Crippen LogP contribution in [0.4, 0.5) is 0 Å². The molecule has 0 aliphatic carbocycles. The van der Waals surface area contributed by atoms with Gasteiger partial charge in [-0.15, -0.1) is 0 Å². The highest BCUT2D eigenvalue weighted by atomic mass is 15.2. The average Bonchev–Trinajstić information content (AvgIpc) is 2.87. The Balaban J connectivity index is 2.44. The number of para-hydroxylation sites is 1. The maximum atomic E-state index is 4.39. The maximum Gasteiger partial charge on any atom is 0.214 e. The summed E-state index contributed by atoms with van der Waals surface area (Å²) in [6, 6.07) is 6.51. The zero-order valence-corrected chi connectivity index (χ0v) is 7.64. The van der Waals surface area contributed by atoms with Crippen molar-refractivity contribution in [2.45, 2.75) is 13.0 Å². The summed E-state index contributed by atoms with van der Waals surface area (Å²) in [4.78, 5) is 4.39. The lowest BCUT2D eigenvalue weighted by atomic mass is 10.2. The van der Waals surface area contributed by atoms with Gasteiger partial charge in [0.25, 0.3) is 0 Å². The normalized spacial score (nSPS) is 14.6. The standard InChI is InChI=1S/C11H9N3/c1-2-8-4-6-14-10(8)9(3-1)13-7-5-12-11(13)14/h1-3,5,7H,4,6H2. The van der Waals surface area contributed by atoms with E-state index >= 15 is 0 Å². The van der Waals surface area contributed by atoms with Crippen molar-refractivity contribution < 1.29 is 0 Å². The van der Waals surface area contributed by atoms with Crippen molar-refractivity contribution in [1.82, 2.24) is 14.0 Å². The number of nitrogens with zero attached hydrogens (tertiary/aromatic N) is 3. The van der Waals surface area contributed by atoms with Gasteiger partial charge in [0.15, 0.2) is 0 Å². The van der Waals surface area contributed by atoms with Crippen molar-refractivity contribution in [1.29, 1.82) is 0 Å². The number of fused-ring (bicyclic) bond motifs is 3. The molecule has 0 spiro atoms. The van der Waals surface area contributed by atoms with Crippen molar-refractivity contribution in [2.75, 3.05) is 0 Å². The van der Waals surface area contributed by atoms with Gasteiger partial charge < -0.3 is 4.57 Å². The second-order valence-electron chi connectivity index (χ2n) is 3.78. The van der Waals surface area contributed by atoms with Crippen molar-refractivity contribution >= 4 is 16.8 Å². The number of imidazole rings is 2. The summed E-state index contributed by atoms with van der Waals surface area (Å²) in [7, 11) is 0. The quantitative estimate of drug-likeness (QED) is 0.521. The Morgan fingerprint density at radius 3 is 3.29 bits per heavy atom. The molecule has 1 aromatic carbocycles. The molecule has 1 aliphatic rings. The predicted molar refractivity (Wildman–Crippen MR) is 54.4 cm³/mol. The molecule has 0 saturated carbocycles. The van der Waals surface area contributed by atoms with Gasteiger partial charge in [0, 0.05) is 18.9 Å². The van der Waals surface area contributed by atoms with Gasteiger partial charge in [-0.25, -0.2) is 4.98 Å². The lowest BCUT2D eigenvalue weighted by Gasteiger charge is -1.93. The van der Waals surface area contributed by atoms with E-state index in [-0.39, 0.29) is 0 Å². The Morgan fingerprint density at radius 2 is 2.29 bits per heavy atom. The molecule has 0 unspecified atom stereocenters. The van der Waals surface area contributed by atoms with Crippen molar-refractivity contribution in [2.24, 2.45) is 0 Å². The monoisotopic (exact) mass is 183 g/mol. The molecule has 0 atom stereocenters. The summed E-state index contributed by atoms with van der Waals surface area (Å²) in [5.41, 5.74) is 4.11. The molecular weight excluding hydrogens is 174 g/mol. The summed E-state index contributed by atoms with van der Waals surface area (Å²) in [6.45, 7) is 1.07. The highest BCUT2D eigenvalue weighted by Gasteiger charge is 2.18. The van der Waals surface area contributed by atoms with E-state index in [4.69, 9.17) is 0 Å². The number of hydrogen-bond donors (Lipinski definition) is 0. The van der Waals surface area contributed by atoms with Crippen LogP contribution in [0.2, 0.25) is 0 Å². The Bertz CT molecular complexity index is 645. The van der Waals surface area contributed by atoms with Gasteiger partial charge in [-0.2, -0.15) is 0 Å². The van der Waals surface area contributed by atoms with Crippen LogP contribution in [-0.4, -0.2) is 14.0 Å². The summed E-state index contributed by atoms with van der Waals surface area (Å²) < 4.78 is 4.47. The fourth-order valence-corrected chi connectivity index (χ4v) is 2.51. The Labute approximate surface area is 80.6 Å². The Hall–Kier alpha value is -1.77. The van der Waals surface area contributed by atoms with Crippen LogP contribution < -0.4 is 0 Å². The van der Waals surface area contributed by atoms with E-state index < -0.39 is 0 Å². The largest absolute Gasteiger partial charge is 0.309 e. The van der Waals surface area contributed by atoms with E-state index in [2.05, 4.69) is 32.2 Å². The lowest BCUT2D eigenvalue weighted by Crippen LogP contribution is -1.93. The van der Waals surface area contributed by atoms with E-state index in [0.717, 1.165) is 18.7 Å². The van der Waals surface area contributed by atoms with Gasteiger partial charge in [-0.05, 0) is 18.1 Å². The van der Waals surface area contributed by atoms with Gasteiger partial charge in [0.05, 0.1) is 11.0 Å². The molecule has 1 aliphatic heterocycles. The molecule has 3 nitrogen and oxygen atoms in total. The minimum Gasteiger partial charge on any atom is -0.309 e. The van der Waals surface area contributed by atoms with E-state index in [1.54, 1.807) is 0 Å². The summed E-state index contributed by atoms with van der Waals surface area (Å²) in [6.07, 6.45) is 5.04. The van der Waals surface area contributed by atoms with Crippen LogP contribution in [0.3, 0.4) is 0 Å². The maximum absolute atomic E-state index is 4.39. The zero-order chi connectivity index (χ0) is 9.12. The minimum atomic E-state index is 1.07. The molecule has 0 amide bonds. The van der Waals surface area contributed by atoms with Crippen molar-refractivity contribution in [3.05, 3.63) is 36.2 Å². The second-order valence-corrected chi connectivity index (χ2v) is 3.78. The fourth-order valence-electron chi connectivity index (χ4n) is 2.51. The topological polar surface area (TPSA) is 22.2 Å². The number of rotatable bonds is 0. The molecule has 0 saturated heterocycles. The molecule has 0 N–H and O–H groups in total. The highest BCUT2D eigenvalue weighted by molar-refractivity contribution is 5.85. The third kappa shape index (κ3) is 0.566. The van der Waals surface area contributed by atoms with Crippen LogP contribution in [0.5, 0.6) is 0 Å². The van der Waals surface area contributed by atoms with Crippen LogP contribution >= 0.6 is 0 Å². The van der Waals surface area contributed by atoms with Gasteiger partial charge >= 0.3 is 0 Å². The number of hydrogen-bond acceptors (Lipinski definition) is 1. The first-order chi connectivity index (χ1) is 6.95. The van der Waals surface area contributed by atoms with Crippen molar-refractivity contribution in [3.8, 4) is 0 Å². The van der Waals surface area contributed by atoms with E-state index in [0.29, 0.717) is 0 Å². The molecule has 2 aromatic heterocycles. The fraction of sp³-hybridized carbons (Fsp3) is 0.182. The summed E-state index contributed by atoms with van der Waals surface area (Å²) in [5, 5.41) is 0. The van der Waals surface area contributed by atoms with Gasteiger partial charge in [0.1, 0.15) is 0 Å².